The highest BCUT2D eigenvalue weighted by atomic mass is 32.1. The van der Waals surface area contributed by atoms with Crippen LogP contribution in [0.25, 0.3) is 16.9 Å². The van der Waals surface area contributed by atoms with Crippen molar-refractivity contribution in [2.24, 2.45) is 5.10 Å². The predicted molar refractivity (Wildman–Crippen MR) is 127 cm³/mol. The van der Waals surface area contributed by atoms with Crippen LogP contribution in [-0.4, -0.2) is 31.2 Å². The zero-order valence-electron chi connectivity index (χ0n) is 18.0. The third-order valence-electron chi connectivity index (χ3n) is 4.94. The number of hydrogen-bond acceptors (Lipinski definition) is 6. The summed E-state index contributed by atoms with van der Waals surface area (Å²) in [6.07, 6.45) is 5.07. The molecule has 8 nitrogen and oxygen atoms in total. The van der Waals surface area contributed by atoms with Gasteiger partial charge in [0.15, 0.2) is 0 Å². The zero-order chi connectivity index (χ0) is 23.4. The van der Waals surface area contributed by atoms with Gasteiger partial charge >= 0.3 is 10.7 Å². The van der Waals surface area contributed by atoms with Crippen LogP contribution in [0.2, 0.25) is 0 Å². The van der Waals surface area contributed by atoms with Crippen LogP contribution in [0.3, 0.4) is 0 Å². The molecule has 0 aliphatic heterocycles. The van der Waals surface area contributed by atoms with Crippen LogP contribution in [0.1, 0.15) is 15.2 Å². The average Bonchev–Trinajstić information content (AvgIpc) is 3.19. The molecule has 2 aromatic heterocycles. The van der Waals surface area contributed by atoms with Crippen molar-refractivity contribution in [3.05, 3.63) is 93.2 Å². The fraction of sp³-hybridized carbons (Fsp3) is 0.0833. The number of carbonyl (C=O) groups excluding carboxylic acids is 1. The predicted octanol–water partition coefficient (Wildman–Crippen LogP) is 2.28. The van der Waals surface area contributed by atoms with E-state index in [9.17, 15) is 14.7 Å². The number of hydrogen-bond donors (Lipinski definition) is 2. The van der Waals surface area contributed by atoms with Crippen molar-refractivity contribution in [2.75, 3.05) is 19.0 Å². The standard InChI is InChI=1S/C24H21N5O3S/c1-28(2)18-9-7-16(8-10-18)17-11-13-29(14-12-17)22-21(33-24(32)26-22)15-25-27-23(31)19-5-3-4-6-20(19)30/h3-15H,1-2H3,(H2-,25,26,27,30,31,32). The summed E-state index contributed by atoms with van der Waals surface area (Å²) in [5, 5.41) is 15.7. The van der Waals surface area contributed by atoms with Crippen molar-refractivity contribution in [1.29, 1.82) is 0 Å². The number of H-pyrrole nitrogens is 1. The second-order valence-electron chi connectivity index (χ2n) is 7.36. The molecule has 2 N–H and O–H groups in total. The SMILES string of the molecule is CN(C)c1ccc(-c2cc[n+](-c3[nH]c(=O)sc3/C=N/NC(=O)c3ccccc3[O-])cc2)cc1. The Morgan fingerprint density at radius 3 is 2.39 bits per heavy atom. The van der Waals surface area contributed by atoms with Crippen LogP contribution in [0.5, 0.6) is 5.75 Å². The Kier molecular flexibility index (Phi) is 6.32. The zero-order valence-corrected chi connectivity index (χ0v) is 18.8. The average molecular weight is 460 g/mol. The van der Waals surface area contributed by atoms with Crippen LogP contribution >= 0.6 is 11.3 Å². The van der Waals surface area contributed by atoms with Crippen molar-refractivity contribution in [3.8, 4) is 22.7 Å². The summed E-state index contributed by atoms with van der Waals surface area (Å²) in [7, 11) is 3.99. The van der Waals surface area contributed by atoms with Crippen molar-refractivity contribution in [2.45, 2.75) is 0 Å². The van der Waals surface area contributed by atoms with E-state index in [4.69, 9.17) is 0 Å². The molecule has 0 aliphatic rings. The molecule has 2 heterocycles. The topological polar surface area (TPSA) is 104 Å². The third kappa shape index (κ3) is 4.99. The number of carbonyl (C=O) groups is 1. The molecule has 0 spiro atoms. The van der Waals surface area contributed by atoms with E-state index in [1.165, 1.54) is 18.3 Å². The molecule has 0 fully saturated rings. The molecule has 4 rings (SSSR count). The van der Waals surface area contributed by atoms with Crippen molar-refractivity contribution in [1.82, 2.24) is 10.4 Å². The summed E-state index contributed by atoms with van der Waals surface area (Å²) in [4.78, 5) is 29.2. The van der Waals surface area contributed by atoms with Crippen LogP contribution in [0.15, 0.2) is 83.0 Å². The molecule has 9 heteroatoms. The summed E-state index contributed by atoms with van der Waals surface area (Å²) >= 11 is 0.966. The number of pyridine rings is 1. The minimum absolute atomic E-state index is 0.000655. The highest BCUT2D eigenvalue weighted by Gasteiger charge is 2.16. The van der Waals surface area contributed by atoms with E-state index in [0.717, 1.165) is 28.2 Å². The van der Waals surface area contributed by atoms with E-state index < -0.39 is 5.91 Å². The van der Waals surface area contributed by atoms with E-state index in [2.05, 4.69) is 39.8 Å². The molecule has 0 radical (unpaired) electrons. The highest BCUT2D eigenvalue weighted by Crippen LogP contribution is 2.21. The lowest BCUT2D eigenvalue weighted by atomic mass is 10.1. The Balaban J connectivity index is 1.52. The van der Waals surface area contributed by atoms with Crippen molar-refractivity contribution in [3.63, 3.8) is 0 Å². The fourth-order valence-electron chi connectivity index (χ4n) is 3.20. The number of para-hydroxylation sites is 1. The number of aromatic amines is 1. The van der Waals surface area contributed by atoms with Crippen LogP contribution in [0.4, 0.5) is 5.69 Å². The lowest BCUT2D eigenvalue weighted by molar-refractivity contribution is -0.599. The fourth-order valence-corrected chi connectivity index (χ4v) is 3.90. The number of anilines is 1. The minimum atomic E-state index is -0.612. The lowest BCUT2D eigenvalue weighted by Crippen LogP contribution is -2.31. The van der Waals surface area contributed by atoms with Gasteiger partial charge in [0.1, 0.15) is 4.88 Å². The van der Waals surface area contributed by atoms with Gasteiger partial charge in [0, 0.05) is 25.3 Å². The monoisotopic (exact) mass is 459 g/mol. The Bertz CT molecular complexity index is 1360. The lowest BCUT2D eigenvalue weighted by Gasteiger charge is -2.12. The van der Waals surface area contributed by atoms with Gasteiger partial charge in [-0.05, 0) is 46.7 Å². The summed E-state index contributed by atoms with van der Waals surface area (Å²) in [5.74, 6) is -0.468. The molecule has 0 bridgehead atoms. The molecule has 0 saturated carbocycles. The number of rotatable bonds is 6. The first-order valence-corrected chi connectivity index (χ1v) is 10.9. The largest absolute Gasteiger partial charge is 0.872 e. The summed E-state index contributed by atoms with van der Waals surface area (Å²) in [6, 6.07) is 18.0. The van der Waals surface area contributed by atoms with Gasteiger partial charge in [0.2, 0.25) is 0 Å². The van der Waals surface area contributed by atoms with E-state index in [-0.39, 0.29) is 16.2 Å². The quantitative estimate of drug-likeness (QED) is 0.262. The number of thiazole rings is 1. The molecule has 1 amide bonds. The molecule has 0 unspecified atom stereocenters. The Morgan fingerprint density at radius 1 is 1.06 bits per heavy atom. The molecular weight excluding hydrogens is 438 g/mol. The number of nitrogens with one attached hydrogen (secondary N) is 2. The molecule has 0 saturated heterocycles. The van der Waals surface area contributed by atoms with E-state index in [1.807, 2.05) is 43.5 Å². The maximum Gasteiger partial charge on any atom is 0.390 e. The third-order valence-corrected chi connectivity index (χ3v) is 5.75. The van der Waals surface area contributed by atoms with Crippen molar-refractivity contribution >= 4 is 29.1 Å². The first-order chi connectivity index (χ1) is 15.9. The molecule has 4 aromatic rings. The van der Waals surface area contributed by atoms with Gasteiger partial charge in [-0.1, -0.05) is 42.1 Å². The van der Waals surface area contributed by atoms with Crippen LogP contribution in [-0.2, 0) is 0 Å². The second kappa shape index (κ2) is 9.49. The highest BCUT2D eigenvalue weighted by molar-refractivity contribution is 7.11. The molecule has 166 valence electrons. The van der Waals surface area contributed by atoms with Gasteiger partial charge in [0.05, 0.1) is 18.6 Å². The van der Waals surface area contributed by atoms with Gasteiger partial charge < -0.3 is 10.0 Å². The summed E-state index contributed by atoms with van der Waals surface area (Å²) < 4.78 is 1.77. The Hall–Kier alpha value is -4.24. The number of benzene rings is 2. The first kappa shape index (κ1) is 22.0. The van der Waals surface area contributed by atoms with E-state index in [1.54, 1.807) is 16.7 Å². The van der Waals surface area contributed by atoms with E-state index >= 15 is 0 Å². The number of nitrogens with zero attached hydrogens (tertiary/aromatic N) is 3. The van der Waals surface area contributed by atoms with Gasteiger partial charge in [0.25, 0.3) is 5.91 Å². The maximum absolute atomic E-state index is 12.1. The van der Waals surface area contributed by atoms with Gasteiger partial charge in [-0.3, -0.25) is 4.79 Å². The summed E-state index contributed by atoms with van der Waals surface area (Å²) in [5.41, 5.74) is 5.56. The molecule has 2 aromatic carbocycles. The van der Waals surface area contributed by atoms with Crippen molar-refractivity contribution < 1.29 is 14.5 Å². The molecule has 0 aliphatic carbocycles. The number of aromatic nitrogens is 2. The number of hydrazone groups is 1. The molecule has 33 heavy (non-hydrogen) atoms. The van der Waals surface area contributed by atoms with Crippen LogP contribution in [0, 0.1) is 0 Å². The van der Waals surface area contributed by atoms with Crippen LogP contribution < -0.4 is 24.9 Å². The normalized spacial score (nSPS) is 11.0. The number of amides is 1. The summed E-state index contributed by atoms with van der Waals surface area (Å²) in [6.45, 7) is 0. The Labute approximate surface area is 194 Å². The van der Waals surface area contributed by atoms with Gasteiger partial charge in [-0.2, -0.15) is 10.1 Å². The second-order valence-corrected chi connectivity index (χ2v) is 8.37. The van der Waals surface area contributed by atoms with Gasteiger partial charge in [-0.15, -0.1) is 0 Å². The van der Waals surface area contributed by atoms with Gasteiger partial charge in [-0.25, -0.2) is 14.8 Å². The first-order valence-electron chi connectivity index (χ1n) is 10.0. The molecular formula is C24H21N5O3S. The molecule has 0 atom stereocenters. The smallest absolute Gasteiger partial charge is 0.390 e. The Morgan fingerprint density at radius 2 is 1.73 bits per heavy atom. The minimum Gasteiger partial charge on any atom is -0.872 e. The van der Waals surface area contributed by atoms with E-state index in [0.29, 0.717) is 10.7 Å². The maximum atomic E-state index is 12.1.